The molecule has 0 radical (unpaired) electrons. The van der Waals surface area contributed by atoms with Gasteiger partial charge >= 0.3 is 5.97 Å². The molecule has 2 aromatic rings. The van der Waals surface area contributed by atoms with Crippen LogP contribution in [0.2, 0.25) is 10.0 Å². The van der Waals surface area contributed by atoms with Gasteiger partial charge in [0.25, 0.3) is 0 Å². The first kappa shape index (κ1) is 15.1. The summed E-state index contributed by atoms with van der Waals surface area (Å²) in [6, 6.07) is 8.25. The van der Waals surface area contributed by atoms with E-state index in [4.69, 9.17) is 23.2 Å². The van der Waals surface area contributed by atoms with Crippen molar-refractivity contribution in [3.8, 4) is 0 Å². The lowest BCUT2D eigenvalue weighted by atomic mass is 9.92. The third-order valence-electron chi connectivity index (χ3n) is 3.79. The number of halogens is 3. The van der Waals surface area contributed by atoms with E-state index in [1.165, 1.54) is 18.2 Å². The highest BCUT2D eigenvalue weighted by molar-refractivity contribution is 6.36. The van der Waals surface area contributed by atoms with E-state index < -0.39 is 12.0 Å². The molecular weight excluding hydrogens is 328 g/mol. The van der Waals surface area contributed by atoms with Crippen molar-refractivity contribution >= 4 is 34.9 Å². The van der Waals surface area contributed by atoms with Gasteiger partial charge in [0.05, 0.1) is 10.7 Å². The minimum Gasteiger partial charge on any atom is -0.479 e. The van der Waals surface area contributed by atoms with Gasteiger partial charge in [0.1, 0.15) is 5.82 Å². The maximum atomic E-state index is 13.4. The Labute approximate surface area is 136 Å². The number of aliphatic carboxylic acids is 1. The van der Waals surface area contributed by atoms with E-state index >= 15 is 0 Å². The van der Waals surface area contributed by atoms with Gasteiger partial charge in [-0.25, -0.2) is 9.18 Å². The lowest BCUT2D eigenvalue weighted by Crippen LogP contribution is -2.40. The number of carboxylic acids is 1. The Balaban J connectivity index is 2.09. The van der Waals surface area contributed by atoms with E-state index in [0.29, 0.717) is 39.8 Å². The van der Waals surface area contributed by atoms with Gasteiger partial charge in [-0.15, -0.1) is 0 Å². The molecule has 2 aromatic carbocycles. The Morgan fingerprint density at radius 1 is 1.23 bits per heavy atom. The van der Waals surface area contributed by atoms with E-state index in [9.17, 15) is 14.3 Å². The van der Waals surface area contributed by atoms with Crippen molar-refractivity contribution in [2.24, 2.45) is 0 Å². The van der Waals surface area contributed by atoms with Crippen molar-refractivity contribution in [2.75, 3.05) is 11.4 Å². The number of fused-ring (bicyclic) bond motifs is 1. The van der Waals surface area contributed by atoms with Crippen molar-refractivity contribution in [3.63, 3.8) is 0 Å². The highest BCUT2D eigenvalue weighted by Crippen LogP contribution is 2.38. The molecule has 1 atom stereocenters. The number of hydrogen-bond donors (Lipinski definition) is 1. The summed E-state index contributed by atoms with van der Waals surface area (Å²) in [5.41, 5.74) is 1.91. The second-order valence-electron chi connectivity index (χ2n) is 5.12. The average molecular weight is 340 g/mol. The van der Waals surface area contributed by atoms with Crippen molar-refractivity contribution in [1.82, 2.24) is 0 Å². The Hall–Kier alpha value is -1.78. The van der Waals surface area contributed by atoms with Crippen LogP contribution in [-0.2, 0) is 11.2 Å². The van der Waals surface area contributed by atoms with Crippen LogP contribution in [0.25, 0.3) is 0 Å². The number of nitrogens with zero attached hydrogens (tertiary/aromatic N) is 1. The van der Waals surface area contributed by atoms with Gasteiger partial charge in [-0.3, -0.25) is 0 Å². The highest BCUT2D eigenvalue weighted by Gasteiger charge is 2.34. The molecule has 0 spiro atoms. The number of benzene rings is 2. The highest BCUT2D eigenvalue weighted by atomic mass is 35.5. The third-order valence-corrected chi connectivity index (χ3v) is 4.32. The average Bonchev–Trinajstić information content (AvgIpc) is 2.46. The Morgan fingerprint density at radius 3 is 2.68 bits per heavy atom. The molecule has 6 heteroatoms. The zero-order valence-electron chi connectivity index (χ0n) is 11.4. The lowest BCUT2D eigenvalue weighted by Gasteiger charge is -2.37. The van der Waals surface area contributed by atoms with Crippen LogP contribution in [0.1, 0.15) is 17.2 Å². The molecule has 1 aliphatic rings. The van der Waals surface area contributed by atoms with E-state index in [0.717, 1.165) is 0 Å². The van der Waals surface area contributed by atoms with Crippen LogP contribution in [0.4, 0.5) is 10.1 Å². The standard InChI is InChI=1S/C16H12Cl2FNO2/c17-10-1-4-14(13(18)8-10)20-6-5-9-7-11(19)2-3-12(9)15(20)16(21)22/h1-4,7-8,15H,5-6H2,(H,21,22). The fourth-order valence-electron chi connectivity index (χ4n) is 2.84. The van der Waals surface area contributed by atoms with Crippen LogP contribution in [-0.4, -0.2) is 17.6 Å². The maximum absolute atomic E-state index is 13.4. The summed E-state index contributed by atoms with van der Waals surface area (Å²) in [5, 5.41) is 10.5. The van der Waals surface area contributed by atoms with Gasteiger partial charge in [-0.2, -0.15) is 0 Å². The molecule has 1 heterocycles. The molecule has 114 valence electrons. The Kier molecular flexibility index (Phi) is 3.98. The number of carbonyl (C=O) groups is 1. The zero-order chi connectivity index (χ0) is 15.9. The molecule has 1 unspecified atom stereocenters. The first-order valence-corrected chi connectivity index (χ1v) is 7.46. The van der Waals surface area contributed by atoms with Crippen LogP contribution in [0.5, 0.6) is 0 Å². The monoisotopic (exact) mass is 339 g/mol. The quantitative estimate of drug-likeness (QED) is 0.885. The summed E-state index contributed by atoms with van der Waals surface area (Å²) < 4.78 is 13.4. The Morgan fingerprint density at radius 2 is 2.00 bits per heavy atom. The second kappa shape index (κ2) is 5.78. The van der Waals surface area contributed by atoms with Crippen LogP contribution in [0.15, 0.2) is 36.4 Å². The SMILES string of the molecule is O=C(O)C1c2ccc(F)cc2CCN1c1ccc(Cl)cc1Cl. The summed E-state index contributed by atoms with van der Waals surface area (Å²) >= 11 is 12.1. The fraction of sp³-hybridized carbons (Fsp3) is 0.188. The van der Waals surface area contributed by atoms with E-state index in [2.05, 4.69) is 0 Å². The van der Waals surface area contributed by atoms with Gasteiger partial charge < -0.3 is 10.0 Å². The first-order valence-electron chi connectivity index (χ1n) is 6.70. The summed E-state index contributed by atoms with van der Waals surface area (Å²) in [6.07, 6.45) is 0.551. The molecule has 3 rings (SSSR count). The molecule has 0 aliphatic carbocycles. The minimum atomic E-state index is -1.00. The van der Waals surface area contributed by atoms with Gasteiger partial charge in [0, 0.05) is 11.6 Å². The van der Waals surface area contributed by atoms with Crippen molar-refractivity contribution in [3.05, 3.63) is 63.4 Å². The van der Waals surface area contributed by atoms with Crippen LogP contribution < -0.4 is 4.90 Å². The molecule has 0 aromatic heterocycles. The largest absolute Gasteiger partial charge is 0.479 e. The summed E-state index contributed by atoms with van der Waals surface area (Å²) in [7, 11) is 0. The topological polar surface area (TPSA) is 40.5 Å². The lowest BCUT2D eigenvalue weighted by molar-refractivity contribution is -0.138. The van der Waals surface area contributed by atoms with Crippen LogP contribution >= 0.6 is 23.2 Å². The van der Waals surface area contributed by atoms with Crippen molar-refractivity contribution < 1.29 is 14.3 Å². The summed E-state index contributed by atoms with van der Waals surface area (Å²) in [6.45, 7) is 0.439. The molecule has 0 fully saturated rings. The normalized spacial score (nSPS) is 17.2. The summed E-state index contributed by atoms with van der Waals surface area (Å²) in [5.74, 6) is -1.36. The van der Waals surface area contributed by atoms with Crippen molar-refractivity contribution in [2.45, 2.75) is 12.5 Å². The molecular formula is C16H12Cl2FNO2. The molecule has 22 heavy (non-hydrogen) atoms. The zero-order valence-corrected chi connectivity index (χ0v) is 12.9. The minimum absolute atomic E-state index is 0.360. The number of carboxylic acid groups (broad SMARTS) is 1. The molecule has 1 aliphatic heterocycles. The van der Waals surface area contributed by atoms with Crippen LogP contribution in [0.3, 0.4) is 0 Å². The summed E-state index contributed by atoms with van der Waals surface area (Å²) in [4.78, 5) is 13.5. The predicted molar refractivity (Wildman–Crippen MR) is 84.3 cm³/mol. The predicted octanol–water partition coefficient (Wildman–Crippen LogP) is 4.32. The Bertz CT molecular complexity index is 751. The van der Waals surface area contributed by atoms with Gasteiger partial charge in [0.2, 0.25) is 0 Å². The number of anilines is 1. The van der Waals surface area contributed by atoms with E-state index in [1.807, 2.05) is 0 Å². The molecule has 1 N–H and O–H groups in total. The third kappa shape index (κ3) is 2.64. The molecule has 0 saturated carbocycles. The maximum Gasteiger partial charge on any atom is 0.331 e. The smallest absolute Gasteiger partial charge is 0.331 e. The van der Waals surface area contributed by atoms with Gasteiger partial charge in [-0.1, -0.05) is 29.3 Å². The van der Waals surface area contributed by atoms with Gasteiger partial charge in [-0.05, 0) is 47.9 Å². The number of hydrogen-bond acceptors (Lipinski definition) is 2. The number of rotatable bonds is 2. The van der Waals surface area contributed by atoms with E-state index in [-0.39, 0.29) is 5.82 Å². The second-order valence-corrected chi connectivity index (χ2v) is 5.97. The van der Waals surface area contributed by atoms with Crippen molar-refractivity contribution in [1.29, 1.82) is 0 Å². The molecule has 0 bridgehead atoms. The van der Waals surface area contributed by atoms with Gasteiger partial charge in [0.15, 0.2) is 6.04 Å². The fourth-order valence-corrected chi connectivity index (χ4v) is 3.35. The molecule has 0 amide bonds. The first-order chi connectivity index (χ1) is 10.5. The molecule has 3 nitrogen and oxygen atoms in total. The van der Waals surface area contributed by atoms with E-state index in [1.54, 1.807) is 23.1 Å². The molecule has 0 saturated heterocycles. The van der Waals surface area contributed by atoms with Crippen LogP contribution in [0, 0.1) is 5.82 Å².